The van der Waals surface area contributed by atoms with Gasteiger partial charge in [0.15, 0.2) is 0 Å². The molecule has 0 aliphatic carbocycles. The van der Waals surface area contributed by atoms with E-state index in [4.69, 9.17) is 0 Å². The maximum atomic E-state index is 12.3. The van der Waals surface area contributed by atoms with Crippen LogP contribution in [-0.4, -0.2) is 36.0 Å². The summed E-state index contributed by atoms with van der Waals surface area (Å²) in [5, 5.41) is 0. The Morgan fingerprint density at radius 2 is 1.80 bits per heavy atom. The Kier molecular flexibility index (Phi) is 6.68. The van der Waals surface area contributed by atoms with Crippen molar-refractivity contribution in [1.82, 2.24) is 4.90 Å². The molecule has 1 unspecified atom stereocenters. The van der Waals surface area contributed by atoms with E-state index >= 15 is 0 Å². The van der Waals surface area contributed by atoms with Gasteiger partial charge >= 0.3 is 6.18 Å². The van der Waals surface area contributed by atoms with E-state index < -0.39 is 12.7 Å². The second-order valence-electron chi connectivity index (χ2n) is 4.10. The van der Waals surface area contributed by atoms with E-state index in [2.05, 4.69) is 12.6 Å². The highest BCUT2D eigenvalue weighted by molar-refractivity contribution is 7.80. The SMILES string of the molecule is CCC(CS)CN(CC(F)(F)F)C(C)C. The first-order chi connectivity index (χ1) is 6.80. The van der Waals surface area contributed by atoms with E-state index in [0.717, 1.165) is 6.42 Å². The lowest BCUT2D eigenvalue weighted by Gasteiger charge is -2.30. The molecule has 0 spiro atoms. The molecule has 0 saturated carbocycles. The third-order valence-electron chi connectivity index (χ3n) is 2.44. The Balaban J connectivity index is 4.27. The number of alkyl halides is 3. The van der Waals surface area contributed by atoms with Crippen molar-refractivity contribution in [2.24, 2.45) is 5.92 Å². The van der Waals surface area contributed by atoms with Crippen molar-refractivity contribution in [3.05, 3.63) is 0 Å². The first kappa shape index (κ1) is 15.1. The van der Waals surface area contributed by atoms with Crippen LogP contribution in [0.15, 0.2) is 0 Å². The van der Waals surface area contributed by atoms with Gasteiger partial charge in [-0.3, -0.25) is 4.90 Å². The number of hydrogen-bond donors (Lipinski definition) is 1. The molecule has 0 aliphatic rings. The van der Waals surface area contributed by atoms with Crippen LogP contribution >= 0.6 is 12.6 Å². The van der Waals surface area contributed by atoms with Gasteiger partial charge in [-0.05, 0) is 25.5 Å². The predicted molar refractivity (Wildman–Crippen MR) is 60.4 cm³/mol. The van der Waals surface area contributed by atoms with E-state index in [1.165, 1.54) is 4.90 Å². The highest BCUT2D eigenvalue weighted by atomic mass is 32.1. The van der Waals surface area contributed by atoms with Crippen molar-refractivity contribution in [3.63, 3.8) is 0 Å². The van der Waals surface area contributed by atoms with Gasteiger partial charge in [0.1, 0.15) is 0 Å². The minimum Gasteiger partial charge on any atom is -0.292 e. The van der Waals surface area contributed by atoms with Gasteiger partial charge in [0, 0.05) is 12.6 Å². The standard InChI is InChI=1S/C10H20F3NS/c1-4-9(6-15)5-14(8(2)3)7-10(11,12)13/h8-9,15H,4-7H2,1-3H3. The molecule has 0 saturated heterocycles. The van der Waals surface area contributed by atoms with Crippen molar-refractivity contribution >= 4 is 12.6 Å². The Bertz CT molecular complexity index is 167. The maximum Gasteiger partial charge on any atom is 0.401 e. The summed E-state index contributed by atoms with van der Waals surface area (Å²) in [6.45, 7) is 5.20. The minimum atomic E-state index is -4.11. The van der Waals surface area contributed by atoms with E-state index in [-0.39, 0.29) is 12.0 Å². The van der Waals surface area contributed by atoms with Crippen molar-refractivity contribution < 1.29 is 13.2 Å². The van der Waals surface area contributed by atoms with Gasteiger partial charge in [-0.25, -0.2) is 0 Å². The van der Waals surface area contributed by atoms with Gasteiger partial charge in [-0.1, -0.05) is 13.3 Å². The van der Waals surface area contributed by atoms with E-state index in [9.17, 15) is 13.2 Å². The van der Waals surface area contributed by atoms with Crippen LogP contribution in [-0.2, 0) is 0 Å². The lowest BCUT2D eigenvalue weighted by atomic mass is 10.1. The van der Waals surface area contributed by atoms with E-state index in [0.29, 0.717) is 12.3 Å². The maximum absolute atomic E-state index is 12.3. The Morgan fingerprint density at radius 3 is 2.07 bits per heavy atom. The molecule has 5 heteroatoms. The number of hydrogen-bond acceptors (Lipinski definition) is 2. The molecule has 15 heavy (non-hydrogen) atoms. The third-order valence-corrected chi connectivity index (χ3v) is 2.96. The molecule has 0 amide bonds. The third kappa shape index (κ3) is 7.06. The zero-order valence-electron chi connectivity index (χ0n) is 9.51. The molecule has 0 aromatic rings. The zero-order chi connectivity index (χ0) is 12.1. The predicted octanol–water partition coefficient (Wildman–Crippen LogP) is 3.22. The summed E-state index contributed by atoms with van der Waals surface area (Å²) in [4.78, 5) is 1.46. The molecule has 0 rings (SSSR count). The quantitative estimate of drug-likeness (QED) is 0.701. The van der Waals surface area contributed by atoms with Gasteiger partial charge in [0.2, 0.25) is 0 Å². The van der Waals surface area contributed by atoms with Crippen LogP contribution in [0.1, 0.15) is 27.2 Å². The zero-order valence-corrected chi connectivity index (χ0v) is 10.4. The first-order valence-corrected chi connectivity index (χ1v) is 5.85. The molecule has 0 radical (unpaired) electrons. The van der Waals surface area contributed by atoms with E-state index in [1.54, 1.807) is 13.8 Å². The summed E-state index contributed by atoms with van der Waals surface area (Å²) < 4.78 is 36.8. The molecular formula is C10H20F3NS. The van der Waals surface area contributed by atoms with Crippen LogP contribution in [0.4, 0.5) is 13.2 Å². The molecule has 0 aromatic carbocycles. The molecule has 0 N–H and O–H groups in total. The van der Waals surface area contributed by atoms with Crippen molar-refractivity contribution in [3.8, 4) is 0 Å². The topological polar surface area (TPSA) is 3.24 Å². The average molecular weight is 243 g/mol. The van der Waals surface area contributed by atoms with Crippen molar-refractivity contribution in [2.45, 2.75) is 39.4 Å². The lowest BCUT2D eigenvalue weighted by Crippen LogP contribution is -2.42. The molecule has 0 aliphatic heterocycles. The summed E-state index contributed by atoms with van der Waals surface area (Å²) in [6.07, 6.45) is -3.25. The highest BCUT2D eigenvalue weighted by Crippen LogP contribution is 2.20. The molecule has 0 bridgehead atoms. The largest absolute Gasteiger partial charge is 0.401 e. The monoisotopic (exact) mass is 243 g/mol. The molecule has 1 atom stereocenters. The molecule has 0 aromatic heterocycles. The Morgan fingerprint density at radius 1 is 1.27 bits per heavy atom. The van der Waals surface area contributed by atoms with Crippen LogP contribution in [0.5, 0.6) is 0 Å². The number of halogens is 3. The van der Waals surface area contributed by atoms with Crippen LogP contribution in [0, 0.1) is 5.92 Å². The van der Waals surface area contributed by atoms with Gasteiger partial charge in [0.05, 0.1) is 6.54 Å². The van der Waals surface area contributed by atoms with Crippen LogP contribution < -0.4 is 0 Å². The molecular weight excluding hydrogens is 223 g/mol. The first-order valence-electron chi connectivity index (χ1n) is 5.21. The fourth-order valence-corrected chi connectivity index (χ4v) is 1.71. The van der Waals surface area contributed by atoms with Crippen molar-refractivity contribution in [1.29, 1.82) is 0 Å². The Hall–Kier alpha value is 0.100. The number of thiol groups is 1. The normalized spacial score (nSPS) is 15.0. The molecule has 0 fully saturated rings. The van der Waals surface area contributed by atoms with E-state index in [1.807, 2.05) is 6.92 Å². The van der Waals surface area contributed by atoms with Gasteiger partial charge in [-0.15, -0.1) is 0 Å². The smallest absolute Gasteiger partial charge is 0.292 e. The molecule has 0 heterocycles. The Labute approximate surface area is 95.4 Å². The minimum absolute atomic E-state index is 0.0828. The van der Waals surface area contributed by atoms with Crippen LogP contribution in [0.25, 0.3) is 0 Å². The number of nitrogens with zero attached hydrogens (tertiary/aromatic N) is 1. The highest BCUT2D eigenvalue weighted by Gasteiger charge is 2.32. The summed E-state index contributed by atoms with van der Waals surface area (Å²) >= 11 is 4.14. The second kappa shape index (κ2) is 6.63. The fraction of sp³-hybridized carbons (Fsp3) is 1.00. The lowest BCUT2D eigenvalue weighted by molar-refractivity contribution is -0.150. The van der Waals surface area contributed by atoms with Crippen LogP contribution in [0.3, 0.4) is 0 Å². The van der Waals surface area contributed by atoms with Gasteiger partial charge in [-0.2, -0.15) is 25.8 Å². The molecule has 92 valence electrons. The summed E-state index contributed by atoms with van der Waals surface area (Å²) in [5.41, 5.74) is 0. The number of rotatable bonds is 6. The van der Waals surface area contributed by atoms with Gasteiger partial charge in [0.25, 0.3) is 0 Å². The van der Waals surface area contributed by atoms with Crippen molar-refractivity contribution in [2.75, 3.05) is 18.8 Å². The molecule has 1 nitrogen and oxygen atoms in total. The average Bonchev–Trinajstić information content (AvgIpc) is 2.09. The summed E-state index contributed by atoms with van der Waals surface area (Å²) in [5.74, 6) is 0.871. The van der Waals surface area contributed by atoms with Gasteiger partial charge < -0.3 is 0 Å². The van der Waals surface area contributed by atoms with Crippen LogP contribution in [0.2, 0.25) is 0 Å². The second-order valence-corrected chi connectivity index (χ2v) is 4.46. The fourth-order valence-electron chi connectivity index (χ4n) is 1.34. The summed E-state index contributed by atoms with van der Waals surface area (Å²) in [7, 11) is 0. The summed E-state index contributed by atoms with van der Waals surface area (Å²) in [6, 6.07) is -0.0828.